The summed E-state index contributed by atoms with van der Waals surface area (Å²) in [5.74, 6) is 1.19. The highest BCUT2D eigenvalue weighted by Crippen LogP contribution is 2.37. The van der Waals surface area contributed by atoms with Gasteiger partial charge in [-0.05, 0) is 17.7 Å². The third-order valence-electron chi connectivity index (χ3n) is 2.70. The maximum atomic E-state index is 6.17. The Morgan fingerprint density at radius 2 is 2.35 bits per heavy atom. The van der Waals surface area contributed by atoms with E-state index in [0.717, 1.165) is 18.6 Å². The molecule has 0 aliphatic carbocycles. The van der Waals surface area contributed by atoms with Gasteiger partial charge >= 0.3 is 0 Å². The van der Waals surface area contributed by atoms with Gasteiger partial charge in [-0.2, -0.15) is 0 Å². The quantitative estimate of drug-likeness (QED) is 0.896. The first-order valence-electron chi connectivity index (χ1n) is 5.55. The molecular weight excluding hydrogens is 242 g/mol. The Morgan fingerprint density at radius 3 is 2.94 bits per heavy atom. The van der Waals surface area contributed by atoms with Gasteiger partial charge in [0.15, 0.2) is 11.5 Å². The highest BCUT2D eigenvalue weighted by atomic mass is 35.5. The van der Waals surface area contributed by atoms with E-state index in [-0.39, 0.29) is 6.10 Å². The highest BCUT2D eigenvalue weighted by molar-refractivity contribution is 6.32. The van der Waals surface area contributed by atoms with Crippen LogP contribution >= 0.6 is 11.6 Å². The van der Waals surface area contributed by atoms with Crippen molar-refractivity contribution in [2.75, 3.05) is 20.3 Å². The molecule has 1 fully saturated rings. The topological polar surface area (TPSA) is 53.7 Å². The van der Waals surface area contributed by atoms with E-state index in [0.29, 0.717) is 29.7 Å². The second-order valence-electron chi connectivity index (χ2n) is 3.92. The van der Waals surface area contributed by atoms with E-state index in [1.54, 1.807) is 13.2 Å². The molecule has 1 atom stereocenters. The van der Waals surface area contributed by atoms with Gasteiger partial charge in [-0.25, -0.2) is 0 Å². The molecule has 17 heavy (non-hydrogen) atoms. The fourth-order valence-electron chi connectivity index (χ4n) is 1.78. The molecule has 1 aliphatic heterocycles. The predicted octanol–water partition coefficient (Wildman–Crippen LogP) is 1.98. The second kappa shape index (κ2) is 5.58. The third kappa shape index (κ3) is 2.83. The fourth-order valence-corrected chi connectivity index (χ4v) is 2.06. The van der Waals surface area contributed by atoms with Crippen LogP contribution in [-0.4, -0.2) is 26.4 Å². The number of nitrogens with two attached hydrogens (primary N) is 1. The van der Waals surface area contributed by atoms with Crippen molar-refractivity contribution in [2.45, 2.75) is 19.1 Å². The lowest BCUT2D eigenvalue weighted by Crippen LogP contribution is -2.16. The smallest absolute Gasteiger partial charge is 0.180 e. The first-order valence-corrected chi connectivity index (χ1v) is 5.93. The summed E-state index contributed by atoms with van der Waals surface area (Å²) in [6.45, 7) is 1.74. The molecule has 94 valence electrons. The Bertz CT molecular complexity index is 392. The Hall–Kier alpha value is -0.970. The predicted molar refractivity (Wildman–Crippen MR) is 65.7 cm³/mol. The van der Waals surface area contributed by atoms with Crippen molar-refractivity contribution in [3.8, 4) is 11.5 Å². The number of rotatable bonds is 4. The highest BCUT2D eigenvalue weighted by Gasteiger charge is 2.21. The van der Waals surface area contributed by atoms with Gasteiger partial charge in [-0.3, -0.25) is 0 Å². The third-order valence-corrected chi connectivity index (χ3v) is 2.98. The van der Waals surface area contributed by atoms with Crippen LogP contribution in [0, 0.1) is 0 Å². The number of benzene rings is 1. The maximum Gasteiger partial charge on any atom is 0.180 e. The van der Waals surface area contributed by atoms with E-state index in [2.05, 4.69) is 0 Å². The molecular formula is C12H16ClNO3. The van der Waals surface area contributed by atoms with Gasteiger partial charge in [-0.1, -0.05) is 11.6 Å². The van der Waals surface area contributed by atoms with Crippen molar-refractivity contribution >= 4 is 11.6 Å². The first-order chi connectivity index (χ1) is 8.24. The van der Waals surface area contributed by atoms with E-state index in [1.165, 1.54) is 0 Å². The summed E-state index contributed by atoms with van der Waals surface area (Å²) >= 11 is 6.17. The zero-order valence-electron chi connectivity index (χ0n) is 9.74. The molecule has 1 unspecified atom stereocenters. The summed E-state index contributed by atoms with van der Waals surface area (Å²) in [5.41, 5.74) is 6.50. The van der Waals surface area contributed by atoms with E-state index >= 15 is 0 Å². The summed E-state index contributed by atoms with van der Waals surface area (Å²) in [5, 5.41) is 0.525. The van der Waals surface area contributed by atoms with Gasteiger partial charge < -0.3 is 19.9 Å². The Labute approximate surface area is 106 Å². The van der Waals surface area contributed by atoms with Crippen LogP contribution in [-0.2, 0) is 11.3 Å². The molecule has 1 aliphatic rings. The summed E-state index contributed by atoms with van der Waals surface area (Å²) in [6.07, 6.45) is 0.920. The van der Waals surface area contributed by atoms with Crippen LogP contribution in [0.3, 0.4) is 0 Å². The first kappa shape index (κ1) is 12.5. The van der Waals surface area contributed by atoms with Crippen LogP contribution in [0.25, 0.3) is 0 Å². The zero-order chi connectivity index (χ0) is 12.3. The van der Waals surface area contributed by atoms with Crippen molar-refractivity contribution in [1.82, 2.24) is 0 Å². The van der Waals surface area contributed by atoms with Crippen LogP contribution in [0.5, 0.6) is 11.5 Å². The van der Waals surface area contributed by atoms with Gasteiger partial charge in [0.2, 0.25) is 0 Å². The number of hydrogen-bond donors (Lipinski definition) is 1. The molecule has 0 radical (unpaired) electrons. The van der Waals surface area contributed by atoms with Crippen molar-refractivity contribution in [1.29, 1.82) is 0 Å². The van der Waals surface area contributed by atoms with Crippen LogP contribution in [0.2, 0.25) is 5.02 Å². The van der Waals surface area contributed by atoms with Crippen LogP contribution in [0.4, 0.5) is 0 Å². The minimum atomic E-state index is 0.0464. The molecule has 2 N–H and O–H groups in total. The maximum absolute atomic E-state index is 6.17. The van der Waals surface area contributed by atoms with Crippen molar-refractivity contribution in [2.24, 2.45) is 5.73 Å². The average Bonchev–Trinajstić information content (AvgIpc) is 2.84. The SMILES string of the molecule is COc1cc(CN)cc(Cl)c1OC1CCOC1. The number of hydrogen-bond acceptors (Lipinski definition) is 4. The molecule has 0 aromatic heterocycles. The lowest BCUT2D eigenvalue weighted by atomic mass is 10.2. The van der Waals surface area contributed by atoms with E-state index in [4.69, 9.17) is 31.5 Å². The monoisotopic (exact) mass is 257 g/mol. The Kier molecular flexibility index (Phi) is 4.10. The Morgan fingerprint density at radius 1 is 1.53 bits per heavy atom. The van der Waals surface area contributed by atoms with Gasteiger partial charge in [0.25, 0.3) is 0 Å². The molecule has 1 saturated heterocycles. The molecule has 0 amide bonds. The lowest BCUT2D eigenvalue weighted by Gasteiger charge is -2.17. The number of ether oxygens (including phenoxy) is 3. The Balaban J connectivity index is 2.24. The molecule has 0 bridgehead atoms. The molecule has 0 saturated carbocycles. The fraction of sp³-hybridized carbons (Fsp3) is 0.500. The molecule has 2 rings (SSSR count). The van der Waals surface area contributed by atoms with E-state index in [9.17, 15) is 0 Å². The van der Waals surface area contributed by atoms with Crippen molar-refractivity contribution < 1.29 is 14.2 Å². The normalized spacial score (nSPS) is 19.4. The molecule has 1 aromatic rings. The number of methoxy groups -OCH3 is 1. The van der Waals surface area contributed by atoms with E-state index in [1.807, 2.05) is 6.07 Å². The minimum Gasteiger partial charge on any atom is -0.493 e. The molecule has 0 spiro atoms. The second-order valence-corrected chi connectivity index (χ2v) is 4.32. The summed E-state index contributed by atoms with van der Waals surface area (Å²) in [4.78, 5) is 0. The standard InChI is InChI=1S/C12H16ClNO3/c1-15-11-5-8(6-14)4-10(13)12(11)17-9-2-3-16-7-9/h4-5,9H,2-3,6-7,14H2,1H3. The molecule has 1 heterocycles. The number of halogens is 1. The molecule has 1 aromatic carbocycles. The minimum absolute atomic E-state index is 0.0464. The zero-order valence-corrected chi connectivity index (χ0v) is 10.5. The van der Waals surface area contributed by atoms with Gasteiger partial charge in [0.05, 0.1) is 25.3 Å². The van der Waals surface area contributed by atoms with E-state index < -0.39 is 0 Å². The molecule has 5 heteroatoms. The lowest BCUT2D eigenvalue weighted by molar-refractivity contribution is 0.138. The van der Waals surface area contributed by atoms with Crippen LogP contribution in [0.15, 0.2) is 12.1 Å². The van der Waals surface area contributed by atoms with Gasteiger partial charge in [0.1, 0.15) is 6.10 Å². The molecule has 4 nitrogen and oxygen atoms in total. The largest absolute Gasteiger partial charge is 0.493 e. The van der Waals surface area contributed by atoms with Crippen LogP contribution in [0.1, 0.15) is 12.0 Å². The van der Waals surface area contributed by atoms with Gasteiger partial charge in [-0.15, -0.1) is 0 Å². The average molecular weight is 258 g/mol. The summed E-state index contributed by atoms with van der Waals surface area (Å²) < 4.78 is 16.3. The van der Waals surface area contributed by atoms with Gasteiger partial charge in [0, 0.05) is 13.0 Å². The van der Waals surface area contributed by atoms with Crippen molar-refractivity contribution in [3.63, 3.8) is 0 Å². The summed E-state index contributed by atoms with van der Waals surface area (Å²) in [6, 6.07) is 3.65. The van der Waals surface area contributed by atoms with Crippen molar-refractivity contribution in [3.05, 3.63) is 22.7 Å². The van der Waals surface area contributed by atoms with Crippen LogP contribution < -0.4 is 15.2 Å². The summed E-state index contributed by atoms with van der Waals surface area (Å²) in [7, 11) is 1.59.